The van der Waals surface area contributed by atoms with Gasteiger partial charge in [0.1, 0.15) is 11.6 Å². The number of aromatic nitrogens is 2. The van der Waals surface area contributed by atoms with Crippen LogP contribution in [0.1, 0.15) is 34.7 Å². The number of anilines is 1. The number of thiocarbonyl (C=S) groups is 1. The molecule has 2 aromatic carbocycles. The minimum atomic E-state index is -0.277. The lowest BCUT2D eigenvalue weighted by molar-refractivity contribution is 0.415. The van der Waals surface area contributed by atoms with E-state index in [1.165, 1.54) is 6.07 Å². The van der Waals surface area contributed by atoms with Gasteiger partial charge in [-0.1, -0.05) is 29.8 Å². The average Bonchev–Trinajstić information content (AvgIpc) is 3.35. The minimum absolute atomic E-state index is 0.223. The number of para-hydroxylation sites is 1. The minimum Gasteiger partial charge on any atom is -0.495 e. The predicted molar refractivity (Wildman–Crippen MR) is 141 cm³/mol. The van der Waals surface area contributed by atoms with Crippen LogP contribution in [0.5, 0.6) is 5.75 Å². The van der Waals surface area contributed by atoms with E-state index < -0.39 is 0 Å². The molecule has 1 fully saturated rings. The Morgan fingerprint density at radius 3 is 2.51 bits per heavy atom. The Labute approximate surface area is 214 Å². The quantitative estimate of drug-likeness (QED) is 0.314. The third-order valence-corrected chi connectivity index (χ3v) is 7.00. The fourth-order valence-corrected chi connectivity index (χ4v) is 5.44. The second kappa shape index (κ2) is 9.32. The summed E-state index contributed by atoms with van der Waals surface area (Å²) in [4.78, 5) is 6.66. The van der Waals surface area contributed by atoms with Crippen LogP contribution in [0.3, 0.4) is 0 Å². The first-order chi connectivity index (χ1) is 16.9. The van der Waals surface area contributed by atoms with Gasteiger partial charge in [0.05, 0.1) is 35.6 Å². The molecule has 1 N–H and O–H groups in total. The number of nitrogens with zero attached hydrogens (tertiary/aromatic N) is 3. The number of benzene rings is 2. The number of aryl methyl sites for hydroxylation is 1. The Kier molecular flexibility index (Phi) is 6.21. The highest BCUT2D eigenvalue weighted by Crippen LogP contribution is 2.45. The SMILES string of the molecule is COc1ccc(N2C(=S)N[C@H](c3ccccn3)[C@H]2c2cc(C)n(-c3ccccc3F)c2C)cc1Cl. The van der Waals surface area contributed by atoms with Crippen molar-refractivity contribution >= 4 is 34.6 Å². The second-order valence-corrected chi connectivity index (χ2v) is 9.22. The summed E-state index contributed by atoms with van der Waals surface area (Å²) in [6.45, 7) is 3.98. The van der Waals surface area contributed by atoms with Crippen molar-refractivity contribution in [1.82, 2.24) is 14.9 Å². The second-order valence-electron chi connectivity index (χ2n) is 8.43. The highest BCUT2D eigenvalue weighted by Gasteiger charge is 2.42. The van der Waals surface area contributed by atoms with Crippen LogP contribution in [0.2, 0.25) is 5.02 Å². The molecule has 8 heteroatoms. The lowest BCUT2D eigenvalue weighted by Gasteiger charge is -2.28. The van der Waals surface area contributed by atoms with Crippen molar-refractivity contribution in [2.45, 2.75) is 25.9 Å². The fourth-order valence-electron chi connectivity index (χ4n) is 4.84. The van der Waals surface area contributed by atoms with Crippen LogP contribution in [0.25, 0.3) is 5.69 Å². The summed E-state index contributed by atoms with van der Waals surface area (Å²) >= 11 is 12.3. The zero-order valence-corrected chi connectivity index (χ0v) is 21.1. The molecule has 0 radical (unpaired) electrons. The van der Waals surface area contributed by atoms with Crippen LogP contribution in [0, 0.1) is 19.7 Å². The largest absolute Gasteiger partial charge is 0.495 e. The predicted octanol–water partition coefficient (Wildman–Crippen LogP) is 6.47. The van der Waals surface area contributed by atoms with Gasteiger partial charge in [0, 0.05) is 23.3 Å². The van der Waals surface area contributed by atoms with E-state index in [0.29, 0.717) is 21.6 Å². The van der Waals surface area contributed by atoms with Crippen LogP contribution in [0.4, 0.5) is 10.1 Å². The Balaban J connectivity index is 1.69. The van der Waals surface area contributed by atoms with Crippen molar-refractivity contribution in [3.8, 4) is 11.4 Å². The Bertz CT molecular complexity index is 1410. The summed E-state index contributed by atoms with van der Waals surface area (Å²) in [5, 5.41) is 4.51. The lowest BCUT2D eigenvalue weighted by atomic mass is 9.96. The van der Waals surface area contributed by atoms with E-state index in [9.17, 15) is 4.39 Å². The molecular weight excluding hydrogens is 483 g/mol. The van der Waals surface area contributed by atoms with E-state index in [0.717, 1.165) is 28.3 Å². The highest BCUT2D eigenvalue weighted by molar-refractivity contribution is 7.80. The van der Waals surface area contributed by atoms with E-state index in [4.69, 9.17) is 28.6 Å². The van der Waals surface area contributed by atoms with Crippen LogP contribution in [-0.2, 0) is 0 Å². The van der Waals surface area contributed by atoms with Gasteiger partial charge in [-0.15, -0.1) is 0 Å². The van der Waals surface area contributed by atoms with Crippen molar-refractivity contribution in [2.24, 2.45) is 0 Å². The standard InChI is InChI=1S/C27H24ClFN4OS/c1-16-14-19(17(2)32(16)23-10-5-4-8-21(23)29)26-25(22-9-6-7-13-30-22)31-27(35)33(26)18-11-12-24(34-3)20(28)15-18/h4-15,25-26H,1-3H3,(H,31,35)/t25-,26-/m1/s1. The van der Waals surface area contributed by atoms with Crippen molar-refractivity contribution in [3.05, 3.63) is 106 Å². The van der Waals surface area contributed by atoms with Gasteiger partial charge in [-0.2, -0.15) is 0 Å². The maximum absolute atomic E-state index is 14.8. The Morgan fingerprint density at radius 1 is 1.06 bits per heavy atom. The molecule has 0 unspecified atom stereocenters. The number of pyridine rings is 1. The monoisotopic (exact) mass is 506 g/mol. The number of ether oxygens (including phenoxy) is 1. The zero-order chi connectivity index (χ0) is 24.7. The third kappa shape index (κ3) is 4.05. The van der Waals surface area contributed by atoms with Gasteiger partial charge in [-0.3, -0.25) is 4.98 Å². The maximum atomic E-state index is 14.8. The molecule has 178 valence electrons. The molecule has 0 aliphatic carbocycles. The molecule has 5 nitrogen and oxygen atoms in total. The van der Waals surface area contributed by atoms with Gasteiger partial charge in [0.15, 0.2) is 5.11 Å². The van der Waals surface area contributed by atoms with Crippen LogP contribution < -0.4 is 15.0 Å². The van der Waals surface area contributed by atoms with Crippen molar-refractivity contribution in [1.29, 1.82) is 0 Å². The van der Waals surface area contributed by atoms with Crippen molar-refractivity contribution in [3.63, 3.8) is 0 Å². The number of methoxy groups -OCH3 is 1. The fraction of sp³-hybridized carbons (Fsp3) is 0.185. The summed E-state index contributed by atoms with van der Waals surface area (Å²) < 4.78 is 22.1. The molecule has 2 aromatic heterocycles. The van der Waals surface area contributed by atoms with Gasteiger partial charge in [-0.25, -0.2) is 4.39 Å². The first kappa shape index (κ1) is 23.3. The van der Waals surface area contributed by atoms with Crippen molar-refractivity contribution in [2.75, 3.05) is 12.0 Å². The maximum Gasteiger partial charge on any atom is 0.174 e. The smallest absolute Gasteiger partial charge is 0.174 e. The van der Waals surface area contributed by atoms with Gasteiger partial charge in [-0.05, 0) is 80.2 Å². The van der Waals surface area contributed by atoms with Crippen LogP contribution in [0.15, 0.2) is 72.9 Å². The average molecular weight is 507 g/mol. The first-order valence-electron chi connectivity index (χ1n) is 11.2. The summed E-state index contributed by atoms with van der Waals surface area (Å²) in [7, 11) is 1.58. The molecule has 1 aliphatic heterocycles. The van der Waals surface area contributed by atoms with Crippen LogP contribution >= 0.6 is 23.8 Å². The molecule has 0 amide bonds. The normalized spacial score (nSPS) is 17.5. The van der Waals surface area contributed by atoms with Gasteiger partial charge < -0.3 is 19.5 Å². The van der Waals surface area contributed by atoms with E-state index >= 15 is 0 Å². The molecule has 1 aliphatic rings. The van der Waals surface area contributed by atoms with Gasteiger partial charge in [0.25, 0.3) is 0 Å². The molecule has 0 saturated carbocycles. The first-order valence-corrected chi connectivity index (χ1v) is 12.0. The van der Waals surface area contributed by atoms with E-state index in [-0.39, 0.29) is 17.9 Å². The molecule has 5 rings (SSSR count). The Morgan fingerprint density at radius 2 is 1.83 bits per heavy atom. The molecule has 35 heavy (non-hydrogen) atoms. The van der Waals surface area contributed by atoms with Crippen LogP contribution in [-0.4, -0.2) is 21.8 Å². The van der Waals surface area contributed by atoms with Gasteiger partial charge >= 0.3 is 0 Å². The van der Waals surface area contributed by atoms with E-state index in [1.807, 2.05) is 65.8 Å². The van der Waals surface area contributed by atoms with Gasteiger partial charge in [0.2, 0.25) is 0 Å². The van der Waals surface area contributed by atoms with E-state index in [1.54, 1.807) is 25.4 Å². The molecule has 0 bridgehead atoms. The highest BCUT2D eigenvalue weighted by atomic mass is 35.5. The lowest BCUT2D eigenvalue weighted by Crippen LogP contribution is -2.29. The number of rotatable bonds is 5. The molecule has 2 atom stereocenters. The third-order valence-electron chi connectivity index (χ3n) is 6.39. The summed E-state index contributed by atoms with van der Waals surface area (Å²) in [5.41, 5.74) is 5.06. The Hall–Kier alpha value is -3.42. The number of hydrogen-bond acceptors (Lipinski definition) is 3. The zero-order valence-electron chi connectivity index (χ0n) is 19.5. The summed E-state index contributed by atoms with van der Waals surface area (Å²) in [6, 6.07) is 19.9. The van der Waals surface area contributed by atoms with E-state index in [2.05, 4.69) is 16.4 Å². The molecular formula is C27H24ClFN4OS. The number of halogens is 2. The molecule has 0 spiro atoms. The summed E-state index contributed by atoms with van der Waals surface area (Å²) in [5.74, 6) is 0.310. The summed E-state index contributed by atoms with van der Waals surface area (Å²) in [6.07, 6.45) is 1.77. The number of hydrogen-bond donors (Lipinski definition) is 1. The molecule has 1 saturated heterocycles. The molecule has 4 aromatic rings. The topological polar surface area (TPSA) is 42.3 Å². The number of nitrogens with one attached hydrogen (secondary N) is 1. The molecule has 3 heterocycles. The van der Waals surface area contributed by atoms with Crippen molar-refractivity contribution < 1.29 is 9.13 Å².